The van der Waals surface area contributed by atoms with E-state index in [-0.39, 0.29) is 18.3 Å². The molecule has 9 heteroatoms. The molecule has 15 aromatic carbocycles. The maximum Gasteiger partial charge on any atom is 0.494 e. The van der Waals surface area contributed by atoms with Crippen molar-refractivity contribution >= 4 is 106 Å². The van der Waals surface area contributed by atoms with Gasteiger partial charge in [-0.1, -0.05) is 315 Å². The Labute approximate surface area is 644 Å². The van der Waals surface area contributed by atoms with Crippen LogP contribution in [0.1, 0.15) is 27.7 Å². The fourth-order valence-corrected chi connectivity index (χ4v) is 13.1. The van der Waals surface area contributed by atoms with E-state index in [2.05, 4.69) is 430 Å². The summed E-state index contributed by atoms with van der Waals surface area (Å²) >= 11 is 10.2. The summed E-state index contributed by atoms with van der Waals surface area (Å²) in [4.78, 5) is 4.58. The van der Waals surface area contributed by atoms with Gasteiger partial charge in [-0.25, -0.2) is 0 Å². The Morgan fingerprint density at radius 1 is 0.219 bits per heavy atom. The summed E-state index contributed by atoms with van der Waals surface area (Å²) in [6.45, 7) is 8.34. The molecule has 0 aromatic heterocycles. The van der Waals surface area contributed by atoms with E-state index in [0.29, 0.717) is 0 Å². The highest BCUT2D eigenvalue weighted by molar-refractivity contribution is 9.11. The van der Waals surface area contributed by atoms with E-state index in [4.69, 9.17) is 9.31 Å². The molecule has 0 atom stereocenters. The second-order valence-electron chi connectivity index (χ2n) is 26.4. The van der Waals surface area contributed by atoms with Crippen LogP contribution in [0.25, 0.3) is 66.8 Å². The Balaban J connectivity index is 0.000000135. The zero-order valence-corrected chi connectivity index (χ0v) is 63.8. The quantitative estimate of drug-likeness (QED) is 0.104. The number of rotatable bonds is 15. The van der Waals surface area contributed by atoms with Crippen molar-refractivity contribution in [3.63, 3.8) is 0 Å². The average molecular weight is 1560 g/mol. The maximum absolute atomic E-state index is 6.29. The van der Waals surface area contributed by atoms with Crippen molar-refractivity contribution < 1.29 is 9.31 Å². The van der Waals surface area contributed by atoms with Crippen LogP contribution in [0.2, 0.25) is 0 Å². The number of nitrogens with zero attached hydrogens (tertiary/aromatic N) is 2. The van der Waals surface area contributed by atoms with Crippen LogP contribution >= 0.6 is 47.8 Å². The lowest BCUT2D eigenvalue weighted by Crippen LogP contribution is -2.41. The average Bonchev–Trinajstić information content (AvgIpc) is 1.68. The molecule has 514 valence electrons. The number of halogens is 3. The zero-order valence-electron chi connectivity index (χ0n) is 59.0. The molecule has 15 aromatic rings. The summed E-state index contributed by atoms with van der Waals surface area (Å²) in [6, 6.07) is 140. The van der Waals surface area contributed by atoms with Crippen LogP contribution in [0.4, 0.5) is 45.5 Å². The van der Waals surface area contributed by atoms with Gasteiger partial charge in [0.1, 0.15) is 0 Å². The van der Waals surface area contributed by atoms with Crippen LogP contribution in [-0.4, -0.2) is 18.3 Å². The van der Waals surface area contributed by atoms with Crippen molar-refractivity contribution in [2.24, 2.45) is 0 Å². The van der Waals surface area contributed by atoms with Gasteiger partial charge >= 0.3 is 7.12 Å². The smallest absolute Gasteiger partial charge is 0.399 e. The van der Waals surface area contributed by atoms with Gasteiger partial charge in [0, 0.05) is 58.9 Å². The first-order chi connectivity index (χ1) is 51.3. The first kappa shape index (κ1) is 72.5. The number of nitrogens with one attached hydrogen (secondary N) is 1. The molecule has 0 amide bonds. The Kier molecular flexibility index (Phi) is 23.9. The Bertz CT molecular complexity index is 4860. The van der Waals surface area contributed by atoms with E-state index in [1.807, 2.05) is 60.7 Å². The topological polar surface area (TPSA) is 37.0 Å². The van der Waals surface area contributed by atoms with E-state index in [1.165, 1.54) is 66.8 Å². The predicted molar refractivity (Wildman–Crippen MR) is 456 cm³/mol. The van der Waals surface area contributed by atoms with Crippen molar-refractivity contribution in [2.75, 3.05) is 15.1 Å². The highest BCUT2D eigenvalue weighted by atomic mass is 79.9. The van der Waals surface area contributed by atoms with Gasteiger partial charge < -0.3 is 24.4 Å². The van der Waals surface area contributed by atoms with Crippen molar-refractivity contribution in [3.8, 4) is 66.8 Å². The molecule has 105 heavy (non-hydrogen) atoms. The molecule has 1 aliphatic rings. The second-order valence-corrected chi connectivity index (χ2v) is 29.2. The van der Waals surface area contributed by atoms with Crippen molar-refractivity contribution in [3.05, 3.63) is 414 Å². The SMILES string of the molecule is Brc1ccc(Br)cc1.Brc1ccc(N(c2ccc(-c3ccccc3)cc2)c2ccc(-c3ccccc3)cc2)cc1.CC1(C)OB(c2ccc(N(c3ccc(-c4ccccc4)cc3)c3ccc(-c4ccccc4)cc3)cc2)OC1(C)C.c1ccc(-c2ccc(Nc3ccc(-c4ccccc4)cc3)cc2)cc1. The normalized spacial score (nSPS) is 12.4. The van der Waals surface area contributed by atoms with Crippen molar-refractivity contribution in [1.82, 2.24) is 0 Å². The minimum atomic E-state index is -0.386. The van der Waals surface area contributed by atoms with E-state index in [0.717, 1.165) is 64.4 Å². The molecule has 16 rings (SSSR count). The standard InChI is InChI=1S/C36H34BNO2.C30H22BrN.C24H19N.C6H4Br2/c1-35(2)36(3,4)40-37(39-35)31-19-25-34(26-20-31)38(32-21-15-29(16-22-32)27-11-7-5-8-12-27)33-23-17-30(18-24-33)28-13-9-6-10-14-28;31-27-15-21-30(22-16-27)32(28-17-11-25(12-18-28)23-7-3-1-4-8-23)29-19-13-26(14-20-29)24-9-5-2-6-10-24;1-3-7-19(8-4-1)21-11-15-23(16-12-21)25-24-17-13-22(14-18-24)20-9-5-2-6-10-20;7-5-1-2-6(8)4-3-5/h5-26H,1-4H3;1-22H;1-18,25H;1-4H. The summed E-state index contributed by atoms with van der Waals surface area (Å²) in [5, 5.41) is 3.46. The summed E-state index contributed by atoms with van der Waals surface area (Å²) in [5.41, 5.74) is 23.7. The molecule has 1 saturated heterocycles. The first-order valence-corrected chi connectivity index (χ1v) is 37.6. The second kappa shape index (κ2) is 34.6. The lowest BCUT2D eigenvalue weighted by molar-refractivity contribution is 0.00578. The fourth-order valence-electron chi connectivity index (χ4n) is 12.3. The Hall–Kier alpha value is -10.9. The van der Waals surface area contributed by atoms with Gasteiger partial charge in [0.05, 0.1) is 11.2 Å². The number of hydrogen-bond acceptors (Lipinski definition) is 5. The zero-order chi connectivity index (χ0) is 72.4. The molecule has 1 N–H and O–H groups in total. The van der Waals surface area contributed by atoms with E-state index >= 15 is 0 Å². The van der Waals surface area contributed by atoms with Crippen LogP contribution in [0.3, 0.4) is 0 Å². The molecule has 0 radical (unpaired) electrons. The number of anilines is 8. The van der Waals surface area contributed by atoms with E-state index in [9.17, 15) is 0 Å². The molecule has 0 spiro atoms. The first-order valence-electron chi connectivity index (χ1n) is 35.2. The molecule has 5 nitrogen and oxygen atoms in total. The summed E-state index contributed by atoms with van der Waals surface area (Å²) < 4.78 is 15.9. The highest BCUT2D eigenvalue weighted by Gasteiger charge is 2.51. The van der Waals surface area contributed by atoms with Gasteiger partial charge in [-0.3, -0.25) is 0 Å². The van der Waals surface area contributed by atoms with Crippen molar-refractivity contribution in [2.45, 2.75) is 38.9 Å². The van der Waals surface area contributed by atoms with Gasteiger partial charge in [0.15, 0.2) is 0 Å². The van der Waals surface area contributed by atoms with E-state index < -0.39 is 0 Å². The molecule has 0 aliphatic carbocycles. The third kappa shape index (κ3) is 18.9. The number of benzene rings is 15. The molecule has 1 heterocycles. The summed E-state index contributed by atoms with van der Waals surface area (Å²) in [6.07, 6.45) is 0. The summed E-state index contributed by atoms with van der Waals surface area (Å²) in [5.74, 6) is 0. The minimum absolute atomic E-state index is 0.372. The monoisotopic (exact) mass is 1550 g/mol. The van der Waals surface area contributed by atoms with Crippen LogP contribution in [-0.2, 0) is 9.31 Å². The van der Waals surface area contributed by atoms with Gasteiger partial charge in [-0.15, -0.1) is 0 Å². The molecular weight excluding hydrogens is 1480 g/mol. The van der Waals surface area contributed by atoms with Gasteiger partial charge in [-0.2, -0.15) is 0 Å². The highest BCUT2D eigenvalue weighted by Crippen LogP contribution is 2.41. The largest absolute Gasteiger partial charge is 0.494 e. The Morgan fingerprint density at radius 2 is 0.390 bits per heavy atom. The summed E-state index contributed by atoms with van der Waals surface area (Å²) in [7, 11) is -0.386. The third-order valence-corrected chi connectivity index (χ3v) is 20.4. The molecule has 1 fully saturated rings. The molecule has 0 unspecified atom stereocenters. The maximum atomic E-state index is 6.29. The molecule has 1 aliphatic heterocycles. The van der Waals surface area contributed by atoms with Gasteiger partial charge in [0.2, 0.25) is 0 Å². The lowest BCUT2D eigenvalue weighted by Gasteiger charge is -2.32. The molecule has 0 bridgehead atoms. The Morgan fingerprint density at radius 3 is 0.610 bits per heavy atom. The number of hydrogen-bond donors (Lipinski definition) is 1. The van der Waals surface area contributed by atoms with E-state index in [1.54, 1.807) is 0 Å². The van der Waals surface area contributed by atoms with Crippen molar-refractivity contribution in [1.29, 1.82) is 0 Å². The van der Waals surface area contributed by atoms with Gasteiger partial charge in [0.25, 0.3) is 0 Å². The van der Waals surface area contributed by atoms with Crippen LogP contribution in [0.5, 0.6) is 0 Å². The third-order valence-electron chi connectivity index (χ3n) is 18.8. The lowest BCUT2D eigenvalue weighted by atomic mass is 9.79. The predicted octanol–water partition coefficient (Wildman–Crippen LogP) is 28.0. The minimum Gasteiger partial charge on any atom is -0.399 e. The van der Waals surface area contributed by atoms with Crippen LogP contribution in [0.15, 0.2) is 414 Å². The van der Waals surface area contributed by atoms with Gasteiger partial charge in [-0.05, 0) is 233 Å². The van der Waals surface area contributed by atoms with Crippen LogP contribution in [0, 0.1) is 0 Å². The fraction of sp³-hybridized carbons (Fsp3) is 0.0625. The van der Waals surface area contributed by atoms with Crippen LogP contribution < -0.4 is 20.6 Å². The molecular formula is C96H79BBr3N3O2. The molecule has 0 saturated carbocycles.